The monoisotopic (exact) mass is 323 g/mol. The third-order valence-electron chi connectivity index (χ3n) is 3.47. The van der Waals surface area contributed by atoms with E-state index in [1.165, 1.54) is 16.9 Å². The zero-order valence-corrected chi connectivity index (χ0v) is 13.4. The first-order chi connectivity index (χ1) is 10.3. The highest BCUT2D eigenvalue weighted by Gasteiger charge is 2.26. The predicted octanol–water partition coefficient (Wildman–Crippen LogP) is 2.80. The molecule has 3 rings (SSSR count). The van der Waals surface area contributed by atoms with Crippen LogP contribution in [-0.2, 0) is 11.3 Å². The summed E-state index contributed by atoms with van der Waals surface area (Å²) < 4.78 is 4.74. The van der Waals surface area contributed by atoms with Crippen LogP contribution in [0.1, 0.15) is 11.3 Å². The van der Waals surface area contributed by atoms with Gasteiger partial charge in [0, 0.05) is 36.8 Å². The van der Waals surface area contributed by atoms with Gasteiger partial charge < -0.3 is 15.0 Å². The third-order valence-corrected chi connectivity index (χ3v) is 5.51. The molecule has 1 N–H and O–H groups in total. The number of methoxy groups -OCH3 is 1. The van der Waals surface area contributed by atoms with Gasteiger partial charge in [0.25, 0.3) is 0 Å². The van der Waals surface area contributed by atoms with Gasteiger partial charge in [0.05, 0.1) is 12.0 Å². The van der Waals surface area contributed by atoms with Crippen LogP contribution in [0.5, 0.6) is 0 Å². The molecule has 5 nitrogen and oxygen atoms in total. The summed E-state index contributed by atoms with van der Waals surface area (Å²) in [7, 11) is 1.42. The van der Waals surface area contributed by atoms with Crippen molar-refractivity contribution in [2.75, 3.05) is 20.2 Å². The number of carbonyl (C=O) groups excluding carboxylic acids is 1. The molecule has 1 saturated heterocycles. The molecule has 1 aliphatic heterocycles. The fourth-order valence-corrected chi connectivity index (χ4v) is 4.04. The van der Waals surface area contributed by atoms with Gasteiger partial charge in [-0.05, 0) is 17.9 Å². The maximum atomic E-state index is 11.4. The minimum absolute atomic E-state index is 0.239. The van der Waals surface area contributed by atoms with E-state index in [1.54, 1.807) is 27.6 Å². The maximum Gasteiger partial charge on any atom is 0.409 e. The molecule has 112 valence electrons. The summed E-state index contributed by atoms with van der Waals surface area (Å²) in [5.41, 5.74) is 0. The summed E-state index contributed by atoms with van der Waals surface area (Å²) >= 11 is 3.43. The van der Waals surface area contributed by atoms with E-state index in [0.717, 1.165) is 24.5 Å². The van der Waals surface area contributed by atoms with Crippen LogP contribution >= 0.6 is 22.7 Å². The average Bonchev–Trinajstić information content (AvgIpc) is 3.23. The van der Waals surface area contributed by atoms with Crippen molar-refractivity contribution in [3.05, 3.63) is 28.6 Å². The van der Waals surface area contributed by atoms with Gasteiger partial charge in [-0.15, -0.1) is 22.7 Å². The van der Waals surface area contributed by atoms with Crippen LogP contribution in [0, 0.1) is 0 Å². The Morgan fingerprint density at radius 2 is 2.52 bits per heavy atom. The van der Waals surface area contributed by atoms with E-state index in [1.807, 2.05) is 12.3 Å². The van der Waals surface area contributed by atoms with Crippen molar-refractivity contribution in [1.82, 2.24) is 15.2 Å². The molecular formula is C14H17N3O2S2. The van der Waals surface area contributed by atoms with Gasteiger partial charge in [0.15, 0.2) is 0 Å². The molecule has 1 atom stereocenters. The number of aromatic nitrogens is 1. The lowest BCUT2D eigenvalue weighted by Gasteiger charge is -2.15. The molecule has 1 unspecified atom stereocenters. The van der Waals surface area contributed by atoms with Crippen molar-refractivity contribution in [2.45, 2.75) is 19.0 Å². The van der Waals surface area contributed by atoms with Gasteiger partial charge in [0.2, 0.25) is 0 Å². The zero-order valence-electron chi connectivity index (χ0n) is 11.7. The van der Waals surface area contributed by atoms with E-state index in [4.69, 9.17) is 4.74 Å². The maximum absolute atomic E-state index is 11.4. The summed E-state index contributed by atoms with van der Waals surface area (Å²) in [5.74, 6) is 0. The third kappa shape index (κ3) is 3.42. The van der Waals surface area contributed by atoms with E-state index in [-0.39, 0.29) is 6.09 Å². The van der Waals surface area contributed by atoms with Crippen LogP contribution in [0.3, 0.4) is 0 Å². The quantitative estimate of drug-likeness (QED) is 0.940. The van der Waals surface area contributed by atoms with Crippen LogP contribution in [0.25, 0.3) is 9.88 Å². The van der Waals surface area contributed by atoms with Gasteiger partial charge in [0.1, 0.15) is 5.01 Å². The molecule has 1 fully saturated rings. The number of hydrogen-bond acceptors (Lipinski definition) is 6. The summed E-state index contributed by atoms with van der Waals surface area (Å²) in [6.07, 6.45) is 2.66. The zero-order chi connectivity index (χ0) is 14.7. The number of thiophene rings is 1. The molecule has 7 heteroatoms. The van der Waals surface area contributed by atoms with Crippen LogP contribution in [0.4, 0.5) is 4.79 Å². The van der Waals surface area contributed by atoms with Crippen LogP contribution in [0.2, 0.25) is 0 Å². The largest absolute Gasteiger partial charge is 0.453 e. The van der Waals surface area contributed by atoms with E-state index < -0.39 is 0 Å². The normalized spacial score (nSPS) is 18.1. The number of carbonyl (C=O) groups is 1. The predicted molar refractivity (Wildman–Crippen MR) is 84.6 cm³/mol. The van der Waals surface area contributed by atoms with Gasteiger partial charge in [-0.1, -0.05) is 6.07 Å². The first-order valence-electron chi connectivity index (χ1n) is 6.81. The van der Waals surface area contributed by atoms with Crippen molar-refractivity contribution in [3.8, 4) is 9.88 Å². The first-order valence-corrected chi connectivity index (χ1v) is 8.50. The number of thiazole rings is 1. The number of nitrogens with one attached hydrogen (secondary N) is 1. The molecule has 1 amide bonds. The molecule has 0 bridgehead atoms. The van der Waals surface area contributed by atoms with Crippen molar-refractivity contribution in [3.63, 3.8) is 0 Å². The lowest BCUT2D eigenvalue weighted by atomic mass is 10.2. The SMILES string of the molecule is COC(=O)N1CCC(NCc2cnc(-c3cccs3)s2)C1. The lowest BCUT2D eigenvalue weighted by molar-refractivity contribution is 0.132. The van der Waals surface area contributed by atoms with Gasteiger partial charge in [-0.3, -0.25) is 0 Å². The van der Waals surface area contributed by atoms with Crippen molar-refractivity contribution in [1.29, 1.82) is 0 Å². The van der Waals surface area contributed by atoms with Gasteiger partial charge in [-0.25, -0.2) is 9.78 Å². The molecule has 0 spiro atoms. The Hall–Kier alpha value is -1.44. The number of hydrogen-bond donors (Lipinski definition) is 1. The fraction of sp³-hybridized carbons (Fsp3) is 0.429. The summed E-state index contributed by atoms with van der Waals surface area (Å²) in [6.45, 7) is 2.26. The highest BCUT2D eigenvalue weighted by molar-refractivity contribution is 7.20. The van der Waals surface area contributed by atoms with Crippen LogP contribution in [-0.4, -0.2) is 42.2 Å². The number of ether oxygens (including phenoxy) is 1. The number of rotatable bonds is 4. The topological polar surface area (TPSA) is 54.5 Å². The van der Waals surface area contributed by atoms with E-state index in [0.29, 0.717) is 12.6 Å². The van der Waals surface area contributed by atoms with Crippen LogP contribution in [0.15, 0.2) is 23.7 Å². The smallest absolute Gasteiger partial charge is 0.409 e. The first kappa shape index (κ1) is 14.5. The molecule has 2 aromatic heterocycles. The molecule has 1 aliphatic rings. The lowest BCUT2D eigenvalue weighted by Crippen LogP contribution is -2.34. The summed E-state index contributed by atoms with van der Waals surface area (Å²) in [5, 5.41) is 6.63. The molecule has 0 radical (unpaired) electrons. The second kappa shape index (κ2) is 6.55. The Kier molecular flexibility index (Phi) is 4.52. The van der Waals surface area contributed by atoms with E-state index in [9.17, 15) is 4.79 Å². The Morgan fingerprint density at radius 3 is 3.29 bits per heavy atom. The van der Waals surface area contributed by atoms with E-state index in [2.05, 4.69) is 21.7 Å². The highest BCUT2D eigenvalue weighted by Crippen LogP contribution is 2.28. The van der Waals surface area contributed by atoms with Crippen molar-refractivity contribution in [2.24, 2.45) is 0 Å². The molecule has 0 saturated carbocycles. The second-order valence-corrected chi connectivity index (χ2v) is 6.95. The molecule has 2 aromatic rings. The minimum atomic E-state index is -0.239. The average molecular weight is 323 g/mol. The highest BCUT2D eigenvalue weighted by atomic mass is 32.1. The molecule has 0 aliphatic carbocycles. The minimum Gasteiger partial charge on any atom is -0.453 e. The Balaban J connectivity index is 1.51. The Labute approximate surface area is 131 Å². The second-order valence-electron chi connectivity index (χ2n) is 4.89. The molecular weight excluding hydrogens is 306 g/mol. The standard InChI is InChI=1S/C14H17N3O2S2/c1-19-14(18)17-5-4-10(9-17)15-7-11-8-16-13(21-11)12-3-2-6-20-12/h2-3,6,8,10,15H,4-5,7,9H2,1H3. The van der Waals surface area contributed by atoms with Crippen LogP contribution < -0.4 is 5.32 Å². The molecule has 21 heavy (non-hydrogen) atoms. The Bertz CT molecular complexity index is 597. The number of amides is 1. The molecule has 0 aromatic carbocycles. The fourth-order valence-electron chi connectivity index (χ4n) is 2.37. The summed E-state index contributed by atoms with van der Waals surface area (Å²) in [6, 6.07) is 4.46. The van der Waals surface area contributed by atoms with E-state index >= 15 is 0 Å². The van der Waals surface area contributed by atoms with Crippen molar-refractivity contribution < 1.29 is 9.53 Å². The molecule has 3 heterocycles. The van der Waals surface area contributed by atoms with Gasteiger partial charge >= 0.3 is 6.09 Å². The Morgan fingerprint density at radius 1 is 1.62 bits per heavy atom. The summed E-state index contributed by atoms with van der Waals surface area (Å²) in [4.78, 5) is 20.1. The van der Waals surface area contributed by atoms with Gasteiger partial charge in [-0.2, -0.15) is 0 Å². The number of likely N-dealkylation sites (tertiary alicyclic amines) is 1. The number of nitrogens with zero attached hydrogens (tertiary/aromatic N) is 2. The van der Waals surface area contributed by atoms with Crippen molar-refractivity contribution >= 4 is 28.8 Å².